The number of pyridine rings is 1. The number of anilines is 1. The van der Waals surface area contributed by atoms with Crippen LogP contribution in [0.3, 0.4) is 0 Å². The minimum atomic E-state index is -0.279. The standard InChI is InChI=1S/C14H13FN2OS/c15-11-1-3-13(4-2-11)19-9-12(18)7-10-8-17-6-5-14(10)16/h1-6,8H,7,9H2,(H2,16,17). The highest BCUT2D eigenvalue weighted by atomic mass is 32.2. The monoisotopic (exact) mass is 276 g/mol. The van der Waals surface area contributed by atoms with Crippen molar-refractivity contribution in [3.63, 3.8) is 0 Å². The third kappa shape index (κ3) is 4.06. The molecule has 19 heavy (non-hydrogen) atoms. The molecule has 2 N–H and O–H groups in total. The van der Waals surface area contributed by atoms with Crippen LogP contribution in [-0.2, 0) is 11.2 Å². The molecule has 0 aliphatic carbocycles. The largest absolute Gasteiger partial charge is 0.398 e. The molecule has 2 aromatic rings. The van der Waals surface area contributed by atoms with Crippen molar-refractivity contribution in [3.8, 4) is 0 Å². The minimum absolute atomic E-state index is 0.0639. The van der Waals surface area contributed by atoms with Crippen LogP contribution in [0.4, 0.5) is 10.1 Å². The Hall–Kier alpha value is -1.88. The molecule has 0 bridgehead atoms. The lowest BCUT2D eigenvalue weighted by molar-refractivity contribution is -0.116. The van der Waals surface area contributed by atoms with E-state index in [0.29, 0.717) is 11.4 Å². The summed E-state index contributed by atoms with van der Waals surface area (Å²) in [6, 6.07) is 7.75. The first-order valence-electron chi connectivity index (χ1n) is 5.73. The van der Waals surface area contributed by atoms with Gasteiger partial charge in [-0.05, 0) is 30.3 Å². The number of ketones is 1. The van der Waals surface area contributed by atoms with E-state index in [2.05, 4.69) is 4.98 Å². The molecule has 0 saturated heterocycles. The molecule has 0 unspecified atom stereocenters. The zero-order valence-electron chi connectivity index (χ0n) is 10.2. The normalized spacial score (nSPS) is 10.4. The predicted octanol–water partition coefficient (Wildman–Crippen LogP) is 2.71. The number of carbonyl (C=O) groups excluding carboxylic acids is 1. The van der Waals surface area contributed by atoms with Gasteiger partial charge in [-0.2, -0.15) is 0 Å². The van der Waals surface area contributed by atoms with Crippen molar-refractivity contribution in [3.05, 3.63) is 54.1 Å². The van der Waals surface area contributed by atoms with E-state index in [0.717, 1.165) is 10.5 Å². The number of benzene rings is 1. The number of Topliss-reactive ketones (excluding diaryl/α,β-unsaturated/α-hetero) is 1. The highest BCUT2D eigenvalue weighted by Crippen LogP contribution is 2.19. The Morgan fingerprint density at radius 3 is 2.68 bits per heavy atom. The van der Waals surface area contributed by atoms with Gasteiger partial charge in [-0.25, -0.2) is 4.39 Å². The molecule has 0 fully saturated rings. The van der Waals surface area contributed by atoms with Gasteiger partial charge in [-0.15, -0.1) is 11.8 Å². The number of hydrogen-bond acceptors (Lipinski definition) is 4. The Morgan fingerprint density at radius 2 is 2.00 bits per heavy atom. The molecule has 2 rings (SSSR count). The molecule has 1 heterocycles. The maximum absolute atomic E-state index is 12.7. The molecule has 1 aromatic heterocycles. The summed E-state index contributed by atoms with van der Waals surface area (Å²) in [4.78, 5) is 16.6. The first-order valence-corrected chi connectivity index (χ1v) is 6.72. The Balaban J connectivity index is 1.88. The van der Waals surface area contributed by atoms with Crippen LogP contribution in [0.15, 0.2) is 47.6 Å². The molecule has 1 aromatic carbocycles. The molecular formula is C14H13FN2OS. The van der Waals surface area contributed by atoms with Gasteiger partial charge in [0.2, 0.25) is 0 Å². The summed E-state index contributed by atoms with van der Waals surface area (Å²) in [5.41, 5.74) is 7.07. The predicted molar refractivity (Wildman–Crippen MR) is 74.5 cm³/mol. The van der Waals surface area contributed by atoms with E-state index >= 15 is 0 Å². The molecule has 3 nitrogen and oxygen atoms in total. The van der Waals surface area contributed by atoms with Crippen LogP contribution in [0.25, 0.3) is 0 Å². The Kier molecular flexibility index (Phi) is 4.52. The van der Waals surface area contributed by atoms with E-state index in [1.807, 2.05) is 0 Å². The minimum Gasteiger partial charge on any atom is -0.398 e. The Labute approximate surface area is 115 Å². The van der Waals surface area contributed by atoms with E-state index in [1.54, 1.807) is 30.6 Å². The highest BCUT2D eigenvalue weighted by Gasteiger charge is 2.07. The van der Waals surface area contributed by atoms with E-state index < -0.39 is 0 Å². The number of nitrogens with two attached hydrogens (primary N) is 1. The van der Waals surface area contributed by atoms with Gasteiger partial charge < -0.3 is 5.73 Å². The number of carbonyl (C=O) groups is 1. The molecule has 0 aliphatic heterocycles. The summed E-state index contributed by atoms with van der Waals surface area (Å²) in [6.07, 6.45) is 3.47. The smallest absolute Gasteiger partial charge is 0.147 e. The van der Waals surface area contributed by atoms with Crippen LogP contribution in [0.2, 0.25) is 0 Å². The fraction of sp³-hybridized carbons (Fsp3) is 0.143. The van der Waals surface area contributed by atoms with E-state index in [9.17, 15) is 9.18 Å². The third-order valence-corrected chi connectivity index (χ3v) is 3.61. The van der Waals surface area contributed by atoms with Gasteiger partial charge in [0.1, 0.15) is 11.6 Å². The fourth-order valence-corrected chi connectivity index (χ4v) is 2.30. The van der Waals surface area contributed by atoms with E-state index in [-0.39, 0.29) is 18.0 Å². The molecule has 98 valence electrons. The van der Waals surface area contributed by atoms with Crippen molar-refractivity contribution < 1.29 is 9.18 Å². The lowest BCUT2D eigenvalue weighted by Crippen LogP contribution is -2.08. The maximum atomic E-state index is 12.7. The second-order valence-corrected chi connectivity index (χ2v) is 5.08. The Morgan fingerprint density at radius 1 is 1.26 bits per heavy atom. The molecule has 5 heteroatoms. The van der Waals surface area contributed by atoms with Gasteiger partial charge >= 0.3 is 0 Å². The molecule has 0 atom stereocenters. The first kappa shape index (κ1) is 13.5. The number of nitrogen functional groups attached to an aromatic ring is 1. The van der Waals surface area contributed by atoms with Gasteiger partial charge in [-0.1, -0.05) is 0 Å². The zero-order chi connectivity index (χ0) is 13.7. The van der Waals surface area contributed by atoms with Gasteiger partial charge in [-0.3, -0.25) is 9.78 Å². The van der Waals surface area contributed by atoms with Crippen LogP contribution in [0.5, 0.6) is 0 Å². The lowest BCUT2D eigenvalue weighted by atomic mass is 10.1. The van der Waals surface area contributed by atoms with Crippen LogP contribution in [-0.4, -0.2) is 16.5 Å². The lowest BCUT2D eigenvalue weighted by Gasteiger charge is -2.04. The summed E-state index contributed by atoms with van der Waals surface area (Å²) >= 11 is 1.38. The highest BCUT2D eigenvalue weighted by molar-refractivity contribution is 8.00. The Bertz CT molecular complexity index is 572. The van der Waals surface area contributed by atoms with E-state index in [4.69, 9.17) is 5.73 Å². The second-order valence-electron chi connectivity index (χ2n) is 4.03. The number of nitrogens with zero attached hydrogens (tertiary/aromatic N) is 1. The zero-order valence-corrected chi connectivity index (χ0v) is 11.0. The SMILES string of the molecule is Nc1ccncc1CC(=O)CSc1ccc(F)cc1. The number of rotatable bonds is 5. The third-order valence-electron chi connectivity index (χ3n) is 2.54. The van der Waals surface area contributed by atoms with Crippen molar-refractivity contribution in [2.45, 2.75) is 11.3 Å². The topological polar surface area (TPSA) is 56.0 Å². The number of hydrogen-bond donors (Lipinski definition) is 1. The van der Waals surface area contributed by atoms with Crippen molar-refractivity contribution in [2.75, 3.05) is 11.5 Å². The van der Waals surface area contributed by atoms with Gasteiger partial charge in [0.25, 0.3) is 0 Å². The van der Waals surface area contributed by atoms with Gasteiger partial charge in [0, 0.05) is 35.0 Å². The van der Waals surface area contributed by atoms with Crippen LogP contribution < -0.4 is 5.73 Å². The molecule has 0 spiro atoms. The summed E-state index contributed by atoms with van der Waals surface area (Å²) in [5, 5.41) is 0. The fourth-order valence-electron chi connectivity index (χ4n) is 1.54. The van der Waals surface area contributed by atoms with Crippen molar-refractivity contribution >= 4 is 23.2 Å². The van der Waals surface area contributed by atoms with Gasteiger partial charge in [0.05, 0.1) is 5.75 Å². The number of thioether (sulfide) groups is 1. The summed E-state index contributed by atoms with van der Waals surface area (Å²) in [5.74, 6) is 0.118. The molecule has 0 saturated carbocycles. The molecular weight excluding hydrogens is 263 g/mol. The first-order chi connectivity index (χ1) is 9.15. The second kappa shape index (κ2) is 6.33. The molecule has 0 radical (unpaired) electrons. The van der Waals surface area contributed by atoms with Crippen LogP contribution in [0.1, 0.15) is 5.56 Å². The van der Waals surface area contributed by atoms with Crippen LogP contribution in [0, 0.1) is 5.82 Å². The van der Waals surface area contributed by atoms with Crippen LogP contribution >= 0.6 is 11.8 Å². The summed E-state index contributed by atoms with van der Waals surface area (Å²) in [7, 11) is 0. The molecule has 0 aliphatic rings. The van der Waals surface area contributed by atoms with E-state index in [1.165, 1.54) is 23.9 Å². The number of halogens is 1. The van der Waals surface area contributed by atoms with Crippen molar-refractivity contribution in [2.24, 2.45) is 0 Å². The average molecular weight is 276 g/mol. The molecule has 0 amide bonds. The quantitative estimate of drug-likeness (QED) is 0.853. The summed E-state index contributed by atoms with van der Waals surface area (Å²) < 4.78 is 12.7. The maximum Gasteiger partial charge on any atom is 0.147 e. The average Bonchev–Trinajstić information content (AvgIpc) is 2.41. The van der Waals surface area contributed by atoms with Crippen molar-refractivity contribution in [1.29, 1.82) is 0 Å². The summed E-state index contributed by atoms with van der Waals surface area (Å²) in [6.45, 7) is 0. The van der Waals surface area contributed by atoms with Gasteiger partial charge in [0.15, 0.2) is 0 Å². The van der Waals surface area contributed by atoms with Crippen molar-refractivity contribution in [1.82, 2.24) is 4.98 Å². The number of aromatic nitrogens is 1.